The van der Waals surface area contributed by atoms with Gasteiger partial charge in [0.25, 0.3) is 5.91 Å². The lowest BCUT2D eigenvalue weighted by Gasteiger charge is -2.08. The maximum atomic E-state index is 12.0. The van der Waals surface area contributed by atoms with Crippen molar-refractivity contribution in [3.05, 3.63) is 47.3 Å². The molecule has 1 heterocycles. The lowest BCUT2D eigenvalue weighted by molar-refractivity contribution is -0.143. The molecule has 2 rings (SSSR count). The van der Waals surface area contributed by atoms with Crippen molar-refractivity contribution in [3.63, 3.8) is 0 Å². The number of rotatable bonds is 6. The van der Waals surface area contributed by atoms with E-state index in [0.29, 0.717) is 22.8 Å². The van der Waals surface area contributed by atoms with Crippen LogP contribution in [-0.2, 0) is 16.1 Å². The standard InChI is InChI=1S/C15H16N2O5/c1-10-7-11(17-22-10)9-21-14(18)8-16-15(19)12-5-3-4-6-13(12)20-2/h3-7H,8-9H2,1-2H3,(H,16,19). The number of nitrogens with one attached hydrogen (secondary N) is 1. The number of carbonyl (C=O) groups excluding carboxylic acids is 2. The van der Waals surface area contributed by atoms with Crippen LogP contribution >= 0.6 is 0 Å². The Bertz CT molecular complexity index is 665. The van der Waals surface area contributed by atoms with E-state index in [-0.39, 0.29) is 13.2 Å². The van der Waals surface area contributed by atoms with Crippen molar-refractivity contribution >= 4 is 11.9 Å². The van der Waals surface area contributed by atoms with Crippen molar-refractivity contribution in [2.24, 2.45) is 0 Å². The number of para-hydroxylation sites is 1. The van der Waals surface area contributed by atoms with Crippen LogP contribution in [0.15, 0.2) is 34.9 Å². The number of aryl methyl sites for hydroxylation is 1. The second kappa shape index (κ2) is 7.26. The van der Waals surface area contributed by atoms with Crippen LogP contribution in [0.4, 0.5) is 0 Å². The monoisotopic (exact) mass is 304 g/mol. The summed E-state index contributed by atoms with van der Waals surface area (Å²) >= 11 is 0. The number of nitrogens with zero attached hydrogens (tertiary/aromatic N) is 1. The second-order valence-corrected chi connectivity index (χ2v) is 4.47. The summed E-state index contributed by atoms with van der Waals surface area (Å²) in [7, 11) is 1.47. The number of amides is 1. The maximum absolute atomic E-state index is 12.0. The van der Waals surface area contributed by atoms with Crippen molar-refractivity contribution in [1.29, 1.82) is 0 Å². The molecule has 1 aromatic carbocycles. The van der Waals surface area contributed by atoms with Crippen LogP contribution in [0.2, 0.25) is 0 Å². The van der Waals surface area contributed by atoms with Crippen molar-refractivity contribution in [1.82, 2.24) is 10.5 Å². The molecule has 2 aromatic rings. The Balaban J connectivity index is 1.81. The van der Waals surface area contributed by atoms with Crippen molar-refractivity contribution in [3.8, 4) is 5.75 Å². The predicted molar refractivity (Wildman–Crippen MR) is 76.4 cm³/mol. The lowest BCUT2D eigenvalue weighted by atomic mass is 10.2. The molecule has 0 fully saturated rings. The Morgan fingerprint density at radius 2 is 2.09 bits per heavy atom. The average Bonchev–Trinajstić information content (AvgIpc) is 2.96. The predicted octanol–water partition coefficient (Wildman–Crippen LogP) is 1.46. The minimum absolute atomic E-state index is 0.000696. The number of hydrogen-bond donors (Lipinski definition) is 1. The molecule has 7 heteroatoms. The fourth-order valence-electron chi connectivity index (χ4n) is 1.77. The van der Waals surface area contributed by atoms with Gasteiger partial charge in [-0.25, -0.2) is 0 Å². The molecule has 0 atom stereocenters. The SMILES string of the molecule is COc1ccccc1C(=O)NCC(=O)OCc1cc(C)on1. The fraction of sp³-hybridized carbons (Fsp3) is 0.267. The first kappa shape index (κ1) is 15.6. The smallest absolute Gasteiger partial charge is 0.325 e. The largest absolute Gasteiger partial charge is 0.496 e. The highest BCUT2D eigenvalue weighted by molar-refractivity contribution is 5.98. The average molecular weight is 304 g/mol. The number of benzene rings is 1. The van der Waals surface area contributed by atoms with E-state index in [9.17, 15) is 9.59 Å². The van der Waals surface area contributed by atoms with Crippen LogP contribution in [0.1, 0.15) is 21.8 Å². The highest BCUT2D eigenvalue weighted by Crippen LogP contribution is 2.16. The third-order valence-electron chi connectivity index (χ3n) is 2.80. The summed E-state index contributed by atoms with van der Waals surface area (Å²) in [6.45, 7) is 1.50. The van der Waals surface area contributed by atoms with Gasteiger partial charge in [-0.3, -0.25) is 9.59 Å². The van der Waals surface area contributed by atoms with E-state index in [1.165, 1.54) is 7.11 Å². The van der Waals surface area contributed by atoms with Gasteiger partial charge in [-0.2, -0.15) is 0 Å². The minimum atomic E-state index is -0.566. The highest BCUT2D eigenvalue weighted by Gasteiger charge is 2.13. The summed E-state index contributed by atoms with van der Waals surface area (Å²) in [6, 6.07) is 8.41. The zero-order chi connectivity index (χ0) is 15.9. The third-order valence-corrected chi connectivity index (χ3v) is 2.80. The lowest BCUT2D eigenvalue weighted by Crippen LogP contribution is -2.30. The molecule has 1 amide bonds. The Morgan fingerprint density at radius 1 is 1.32 bits per heavy atom. The van der Waals surface area contributed by atoms with Gasteiger partial charge in [0.05, 0.1) is 12.7 Å². The van der Waals surface area contributed by atoms with Gasteiger partial charge in [0, 0.05) is 6.07 Å². The molecule has 0 bridgehead atoms. The number of hydrogen-bond acceptors (Lipinski definition) is 6. The summed E-state index contributed by atoms with van der Waals surface area (Å²) in [5.74, 6) is 0.0949. The second-order valence-electron chi connectivity index (χ2n) is 4.47. The van der Waals surface area contributed by atoms with Crippen LogP contribution < -0.4 is 10.1 Å². The van der Waals surface area contributed by atoms with Gasteiger partial charge in [-0.1, -0.05) is 17.3 Å². The van der Waals surface area contributed by atoms with Gasteiger partial charge in [0.15, 0.2) is 0 Å². The molecule has 0 aliphatic rings. The zero-order valence-corrected chi connectivity index (χ0v) is 12.3. The molecule has 0 radical (unpaired) electrons. The van der Waals surface area contributed by atoms with E-state index < -0.39 is 11.9 Å². The Hall–Kier alpha value is -2.83. The summed E-state index contributed by atoms with van der Waals surface area (Å²) in [4.78, 5) is 23.6. The van der Waals surface area contributed by atoms with Crippen LogP contribution in [0.3, 0.4) is 0 Å². The number of esters is 1. The Morgan fingerprint density at radius 3 is 2.77 bits per heavy atom. The van der Waals surface area contributed by atoms with Crippen LogP contribution in [0, 0.1) is 6.92 Å². The van der Waals surface area contributed by atoms with E-state index in [1.54, 1.807) is 37.3 Å². The number of aromatic nitrogens is 1. The molecule has 0 spiro atoms. The zero-order valence-electron chi connectivity index (χ0n) is 12.3. The van der Waals surface area contributed by atoms with E-state index in [0.717, 1.165) is 0 Å². The third kappa shape index (κ3) is 4.08. The van der Waals surface area contributed by atoms with E-state index in [1.807, 2.05) is 0 Å². The van der Waals surface area contributed by atoms with E-state index in [2.05, 4.69) is 10.5 Å². The van der Waals surface area contributed by atoms with Gasteiger partial charge >= 0.3 is 5.97 Å². The van der Waals surface area contributed by atoms with Gasteiger partial charge < -0.3 is 19.3 Å². The summed E-state index contributed by atoms with van der Waals surface area (Å²) in [5, 5.41) is 6.17. The first-order valence-corrected chi connectivity index (χ1v) is 6.59. The van der Waals surface area contributed by atoms with Crippen LogP contribution in [0.5, 0.6) is 5.75 Å². The topological polar surface area (TPSA) is 90.7 Å². The van der Waals surface area contributed by atoms with Gasteiger partial charge in [-0.05, 0) is 19.1 Å². The normalized spacial score (nSPS) is 10.1. The number of methoxy groups -OCH3 is 1. The molecule has 0 saturated heterocycles. The highest BCUT2D eigenvalue weighted by atomic mass is 16.5. The maximum Gasteiger partial charge on any atom is 0.325 e. The first-order valence-electron chi connectivity index (χ1n) is 6.59. The molecule has 0 aliphatic carbocycles. The van der Waals surface area contributed by atoms with Gasteiger partial charge in [0.2, 0.25) is 0 Å². The molecule has 0 unspecified atom stereocenters. The minimum Gasteiger partial charge on any atom is -0.496 e. The molecular formula is C15H16N2O5. The van der Waals surface area contributed by atoms with Crippen molar-refractivity contribution in [2.75, 3.05) is 13.7 Å². The van der Waals surface area contributed by atoms with E-state index >= 15 is 0 Å². The van der Waals surface area contributed by atoms with Gasteiger partial charge in [-0.15, -0.1) is 0 Å². The fourth-order valence-corrected chi connectivity index (χ4v) is 1.77. The molecule has 0 aliphatic heterocycles. The molecule has 0 saturated carbocycles. The van der Waals surface area contributed by atoms with Gasteiger partial charge in [0.1, 0.15) is 30.4 Å². The quantitative estimate of drug-likeness (QED) is 0.813. The molecule has 1 N–H and O–H groups in total. The molecule has 22 heavy (non-hydrogen) atoms. The Kier molecular flexibility index (Phi) is 5.13. The van der Waals surface area contributed by atoms with E-state index in [4.69, 9.17) is 14.0 Å². The van der Waals surface area contributed by atoms with Crippen molar-refractivity contribution < 1.29 is 23.6 Å². The van der Waals surface area contributed by atoms with Crippen molar-refractivity contribution in [2.45, 2.75) is 13.5 Å². The number of ether oxygens (including phenoxy) is 2. The van der Waals surface area contributed by atoms with Crippen LogP contribution in [-0.4, -0.2) is 30.7 Å². The summed E-state index contributed by atoms with van der Waals surface area (Å²) in [6.07, 6.45) is 0. The molecular weight excluding hydrogens is 288 g/mol. The number of carbonyl (C=O) groups is 2. The molecule has 116 valence electrons. The summed E-state index contributed by atoms with van der Waals surface area (Å²) < 4.78 is 14.9. The van der Waals surface area contributed by atoms with Crippen LogP contribution in [0.25, 0.3) is 0 Å². The first-order chi connectivity index (χ1) is 10.6. The Labute approximate surface area is 127 Å². The molecule has 1 aromatic heterocycles. The summed E-state index contributed by atoms with van der Waals surface area (Å²) in [5.41, 5.74) is 0.867. The molecule has 7 nitrogen and oxygen atoms in total.